The van der Waals surface area contributed by atoms with Gasteiger partial charge < -0.3 is 10.5 Å². The standard InChI is InChI=1S/C12H25NO/c1-2-11(9-10-13)14-12-7-5-3-4-6-8-12/h11-12H,2-10,13H2,1H3. The molecule has 2 nitrogen and oxygen atoms in total. The summed E-state index contributed by atoms with van der Waals surface area (Å²) < 4.78 is 6.08. The summed E-state index contributed by atoms with van der Waals surface area (Å²) in [4.78, 5) is 0. The van der Waals surface area contributed by atoms with Gasteiger partial charge in [-0.1, -0.05) is 32.6 Å². The Morgan fingerprint density at radius 1 is 1.21 bits per heavy atom. The van der Waals surface area contributed by atoms with E-state index in [1.54, 1.807) is 0 Å². The van der Waals surface area contributed by atoms with E-state index in [9.17, 15) is 0 Å². The summed E-state index contributed by atoms with van der Waals surface area (Å²) in [7, 11) is 0. The Bertz CT molecular complexity index is 130. The molecule has 1 rings (SSSR count). The zero-order chi connectivity index (χ0) is 10.2. The van der Waals surface area contributed by atoms with Crippen molar-refractivity contribution in [3.8, 4) is 0 Å². The molecule has 1 saturated carbocycles. The number of hydrogen-bond acceptors (Lipinski definition) is 2. The second-order valence-electron chi connectivity index (χ2n) is 4.36. The van der Waals surface area contributed by atoms with E-state index in [1.165, 1.54) is 38.5 Å². The molecule has 0 saturated heterocycles. The molecule has 0 radical (unpaired) electrons. The molecule has 1 aliphatic carbocycles. The average molecular weight is 199 g/mol. The fourth-order valence-electron chi connectivity index (χ4n) is 2.20. The summed E-state index contributed by atoms with van der Waals surface area (Å²) in [6.45, 7) is 2.95. The monoisotopic (exact) mass is 199 g/mol. The molecule has 0 aromatic heterocycles. The quantitative estimate of drug-likeness (QED) is 0.691. The van der Waals surface area contributed by atoms with Gasteiger partial charge in [-0.25, -0.2) is 0 Å². The maximum atomic E-state index is 6.08. The lowest BCUT2D eigenvalue weighted by atomic mass is 10.1. The Morgan fingerprint density at radius 3 is 2.36 bits per heavy atom. The van der Waals surface area contributed by atoms with Crippen LogP contribution >= 0.6 is 0 Å². The molecule has 2 heteroatoms. The van der Waals surface area contributed by atoms with Gasteiger partial charge in [-0.2, -0.15) is 0 Å². The highest BCUT2D eigenvalue weighted by Crippen LogP contribution is 2.22. The molecule has 0 heterocycles. The summed E-state index contributed by atoms with van der Waals surface area (Å²) in [6.07, 6.45) is 11.1. The van der Waals surface area contributed by atoms with Crippen molar-refractivity contribution >= 4 is 0 Å². The predicted molar refractivity (Wildman–Crippen MR) is 60.3 cm³/mol. The molecule has 1 fully saturated rings. The van der Waals surface area contributed by atoms with Gasteiger partial charge in [0.1, 0.15) is 0 Å². The van der Waals surface area contributed by atoms with Crippen molar-refractivity contribution in [3.63, 3.8) is 0 Å². The first-order chi connectivity index (χ1) is 6.86. The Labute approximate surface area is 88.2 Å². The molecular formula is C12H25NO. The molecule has 2 N–H and O–H groups in total. The minimum atomic E-state index is 0.406. The molecule has 0 aromatic carbocycles. The largest absolute Gasteiger partial charge is 0.375 e. The first-order valence-electron chi connectivity index (χ1n) is 6.22. The maximum absolute atomic E-state index is 6.08. The van der Waals surface area contributed by atoms with Gasteiger partial charge in [0.25, 0.3) is 0 Å². The number of ether oxygens (including phenoxy) is 1. The van der Waals surface area contributed by atoms with Crippen LogP contribution in [0.15, 0.2) is 0 Å². The van der Waals surface area contributed by atoms with Crippen LogP contribution in [0.1, 0.15) is 58.3 Å². The highest BCUT2D eigenvalue weighted by atomic mass is 16.5. The molecule has 0 spiro atoms. The number of hydrogen-bond donors (Lipinski definition) is 1. The summed E-state index contributed by atoms with van der Waals surface area (Å²) in [5.41, 5.74) is 5.56. The van der Waals surface area contributed by atoms with Gasteiger partial charge in [-0.05, 0) is 32.2 Å². The summed E-state index contributed by atoms with van der Waals surface area (Å²) in [5.74, 6) is 0. The van der Waals surface area contributed by atoms with Crippen LogP contribution in [0.25, 0.3) is 0 Å². The molecule has 0 aliphatic heterocycles. The fourth-order valence-corrected chi connectivity index (χ4v) is 2.20. The van der Waals surface area contributed by atoms with Gasteiger partial charge in [-0.15, -0.1) is 0 Å². The number of rotatable bonds is 5. The van der Waals surface area contributed by atoms with Crippen molar-refractivity contribution in [3.05, 3.63) is 0 Å². The lowest BCUT2D eigenvalue weighted by molar-refractivity contribution is -0.0235. The highest BCUT2D eigenvalue weighted by molar-refractivity contribution is 4.67. The normalized spacial score (nSPS) is 21.9. The molecule has 14 heavy (non-hydrogen) atoms. The molecular weight excluding hydrogens is 174 g/mol. The van der Waals surface area contributed by atoms with Crippen molar-refractivity contribution in [2.24, 2.45) is 5.73 Å². The molecule has 1 atom stereocenters. The molecule has 84 valence electrons. The first-order valence-corrected chi connectivity index (χ1v) is 6.22. The Kier molecular flexibility index (Phi) is 6.20. The first kappa shape index (κ1) is 12.0. The highest BCUT2D eigenvalue weighted by Gasteiger charge is 2.16. The van der Waals surface area contributed by atoms with Crippen LogP contribution in [0.3, 0.4) is 0 Å². The van der Waals surface area contributed by atoms with Crippen LogP contribution < -0.4 is 5.73 Å². The Balaban J connectivity index is 2.24. The number of nitrogens with two attached hydrogens (primary N) is 1. The van der Waals surface area contributed by atoms with Gasteiger partial charge in [-0.3, -0.25) is 0 Å². The van der Waals surface area contributed by atoms with Gasteiger partial charge in [0.2, 0.25) is 0 Å². The second-order valence-corrected chi connectivity index (χ2v) is 4.36. The van der Waals surface area contributed by atoms with Crippen molar-refractivity contribution in [2.75, 3.05) is 6.54 Å². The topological polar surface area (TPSA) is 35.2 Å². The minimum Gasteiger partial charge on any atom is -0.375 e. The molecule has 1 unspecified atom stereocenters. The summed E-state index contributed by atoms with van der Waals surface area (Å²) >= 11 is 0. The van der Waals surface area contributed by atoms with Gasteiger partial charge in [0.15, 0.2) is 0 Å². The predicted octanol–water partition coefficient (Wildman–Crippen LogP) is 2.85. The smallest absolute Gasteiger partial charge is 0.0588 e. The van der Waals surface area contributed by atoms with Crippen LogP contribution in [0.2, 0.25) is 0 Å². The van der Waals surface area contributed by atoms with Crippen molar-refractivity contribution in [2.45, 2.75) is 70.5 Å². The van der Waals surface area contributed by atoms with E-state index in [1.807, 2.05) is 0 Å². The van der Waals surface area contributed by atoms with Gasteiger partial charge in [0, 0.05) is 0 Å². The third-order valence-corrected chi connectivity index (χ3v) is 3.13. The molecule has 0 aromatic rings. The van der Waals surface area contributed by atoms with E-state index in [2.05, 4.69) is 6.92 Å². The van der Waals surface area contributed by atoms with Crippen molar-refractivity contribution in [1.82, 2.24) is 0 Å². The Morgan fingerprint density at radius 2 is 1.86 bits per heavy atom. The van der Waals surface area contributed by atoms with E-state index in [0.29, 0.717) is 12.2 Å². The van der Waals surface area contributed by atoms with Crippen LogP contribution in [-0.4, -0.2) is 18.8 Å². The SMILES string of the molecule is CCC(CCN)OC1CCCCCC1. The van der Waals surface area contributed by atoms with E-state index < -0.39 is 0 Å². The molecule has 0 bridgehead atoms. The third kappa shape index (κ3) is 4.43. The zero-order valence-corrected chi connectivity index (χ0v) is 9.50. The molecule has 0 amide bonds. The molecule has 1 aliphatic rings. The van der Waals surface area contributed by atoms with E-state index >= 15 is 0 Å². The van der Waals surface area contributed by atoms with E-state index in [0.717, 1.165) is 19.4 Å². The van der Waals surface area contributed by atoms with Crippen LogP contribution in [0.5, 0.6) is 0 Å². The second kappa shape index (κ2) is 7.24. The summed E-state index contributed by atoms with van der Waals surface area (Å²) in [6, 6.07) is 0. The van der Waals surface area contributed by atoms with Crippen LogP contribution in [-0.2, 0) is 4.74 Å². The lowest BCUT2D eigenvalue weighted by Crippen LogP contribution is -2.23. The Hall–Kier alpha value is -0.0800. The van der Waals surface area contributed by atoms with Gasteiger partial charge >= 0.3 is 0 Å². The fraction of sp³-hybridized carbons (Fsp3) is 1.00. The van der Waals surface area contributed by atoms with Crippen molar-refractivity contribution in [1.29, 1.82) is 0 Å². The van der Waals surface area contributed by atoms with Crippen molar-refractivity contribution < 1.29 is 4.74 Å². The maximum Gasteiger partial charge on any atom is 0.0588 e. The van der Waals surface area contributed by atoms with Gasteiger partial charge in [0.05, 0.1) is 12.2 Å². The summed E-state index contributed by atoms with van der Waals surface area (Å²) in [5, 5.41) is 0. The minimum absolute atomic E-state index is 0.406. The van der Waals surface area contributed by atoms with Crippen LogP contribution in [0.4, 0.5) is 0 Å². The van der Waals surface area contributed by atoms with E-state index in [-0.39, 0.29) is 0 Å². The third-order valence-electron chi connectivity index (χ3n) is 3.13. The average Bonchev–Trinajstić information content (AvgIpc) is 2.45. The lowest BCUT2D eigenvalue weighted by Gasteiger charge is -2.22. The zero-order valence-electron chi connectivity index (χ0n) is 9.50. The van der Waals surface area contributed by atoms with E-state index in [4.69, 9.17) is 10.5 Å². The van der Waals surface area contributed by atoms with Crippen LogP contribution in [0, 0.1) is 0 Å².